The van der Waals surface area contributed by atoms with Crippen LogP contribution >= 0.6 is 0 Å². The second-order valence-corrected chi connectivity index (χ2v) is 5.19. The Morgan fingerprint density at radius 1 is 1.00 bits per heavy atom. The highest BCUT2D eigenvalue weighted by Gasteiger charge is 2.18. The zero-order valence-electron chi connectivity index (χ0n) is 12.1. The van der Waals surface area contributed by atoms with Gasteiger partial charge in [0.15, 0.2) is 0 Å². The summed E-state index contributed by atoms with van der Waals surface area (Å²) < 4.78 is 20.8. The molecule has 118 valence electrons. The minimum atomic E-state index is -0.461. The molecule has 6 heteroatoms. The van der Waals surface area contributed by atoms with Gasteiger partial charge >= 0.3 is 11.9 Å². The van der Waals surface area contributed by atoms with Crippen LogP contribution in [0.3, 0.4) is 0 Å². The highest BCUT2D eigenvalue weighted by atomic mass is 16.6. The first-order valence-electron chi connectivity index (χ1n) is 7.46. The van der Waals surface area contributed by atoms with E-state index in [1.165, 1.54) is 12.2 Å². The number of carbonyl (C=O) groups excluding carboxylic acids is 2. The molecule has 6 nitrogen and oxygen atoms in total. The van der Waals surface area contributed by atoms with Gasteiger partial charge in [0.05, 0.1) is 18.6 Å². The molecule has 2 atom stereocenters. The first-order chi connectivity index (χ1) is 10.2. The van der Waals surface area contributed by atoms with Crippen LogP contribution in [0.15, 0.2) is 12.2 Å². The lowest BCUT2D eigenvalue weighted by Crippen LogP contribution is -2.17. The molecule has 0 saturated carbocycles. The van der Waals surface area contributed by atoms with E-state index in [0.717, 1.165) is 38.9 Å². The zero-order valence-corrected chi connectivity index (χ0v) is 12.1. The lowest BCUT2D eigenvalue weighted by atomic mass is 10.2. The minimum Gasteiger partial charge on any atom is -0.463 e. The topological polar surface area (TPSA) is 71.1 Å². The van der Waals surface area contributed by atoms with E-state index in [-0.39, 0.29) is 37.8 Å². The van der Waals surface area contributed by atoms with Gasteiger partial charge in [0.25, 0.3) is 0 Å². The Labute approximate surface area is 124 Å². The predicted molar refractivity (Wildman–Crippen MR) is 73.6 cm³/mol. The monoisotopic (exact) mass is 298 g/mol. The molecule has 0 spiro atoms. The van der Waals surface area contributed by atoms with E-state index in [2.05, 4.69) is 0 Å². The van der Waals surface area contributed by atoms with Gasteiger partial charge in [-0.2, -0.15) is 0 Å². The number of ether oxygens (including phenoxy) is 4. The highest BCUT2D eigenvalue weighted by molar-refractivity contribution is 5.83. The SMILES string of the molecule is O=C(/C=C/CC(=O)OC[C@@H]1CCCO1)OC[C@H]1CCCO1. The van der Waals surface area contributed by atoms with E-state index < -0.39 is 5.97 Å². The Bertz CT molecular complexity index is 366. The number of hydrogen-bond donors (Lipinski definition) is 0. The molecule has 0 aliphatic carbocycles. The Morgan fingerprint density at radius 2 is 1.62 bits per heavy atom. The van der Waals surface area contributed by atoms with Crippen molar-refractivity contribution in [2.24, 2.45) is 0 Å². The Hall–Kier alpha value is -1.40. The predicted octanol–water partition coefficient (Wildman–Crippen LogP) is 1.38. The van der Waals surface area contributed by atoms with Crippen molar-refractivity contribution in [3.05, 3.63) is 12.2 Å². The molecule has 2 aliphatic rings. The maximum atomic E-state index is 11.4. The quantitative estimate of drug-likeness (QED) is 0.522. The fraction of sp³-hybridized carbons (Fsp3) is 0.733. The van der Waals surface area contributed by atoms with Crippen molar-refractivity contribution in [2.75, 3.05) is 26.4 Å². The summed E-state index contributed by atoms with van der Waals surface area (Å²) in [5, 5.41) is 0. The molecule has 0 radical (unpaired) electrons. The summed E-state index contributed by atoms with van der Waals surface area (Å²) in [6.45, 7) is 2.02. The maximum Gasteiger partial charge on any atom is 0.330 e. The Morgan fingerprint density at radius 3 is 2.19 bits per heavy atom. The highest BCUT2D eigenvalue weighted by Crippen LogP contribution is 2.13. The van der Waals surface area contributed by atoms with Crippen LogP contribution in [0.5, 0.6) is 0 Å². The molecule has 2 fully saturated rings. The lowest BCUT2D eigenvalue weighted by molar-refractivity contribution is -0.145. The molecule has 0 N–H and O–H groups in total. The molecular formula is C15H22O6. The number of hydrogen-bond acceptors (Lipinski definition) is 6. The summed E-state index contributed by atoms with van der Waals surface area (Å²) in [6.07, 6.45) is 6.67. The summed E-state index contributed by atoms with van der Waals surface area (Å²) in [5.41, 5.74) is 0. The fourth-order valence-electron chi connectivity index (χ4n) is 2.27. The summed E-state index contributed by atoms with van der Waals surface area (Å²) in [5.74, 6) is -0.828. The van der Waals surface area contributed by atoms with Crippen LogP contribution < -0.4 is 0 Å². The first-order valence-corrected chi connectivity index (χ1v) is 7.46. The molecule has 0 aromatic carbocycles. The van der Waals surface area contributed by atoms with Crippen LogP contribution in [0, 0.1) is 0 Å². The molecule has 0 unspecified atom stereocenters. The number of rotatable bonds is 7. The van der Waals surface area contributed by atoms with Gasteiger partial charge < -0.3 is 18.9 Å². The molecule has 0 amide bonds. The van der Waals surface area contributed by atoms with Gasteiger partial charge in [0.2, 0.25) is 0 Å². The lowest BCUT2D eigenvalue weighted by Gasteiger charge is -2.09. The standard InChI is InChI=1S/C15H22O6/c16-14(20-10-12-4-2-8-18-12)6-1-7-15(17)21-11-13-5-3-9-19-13/h1,6,12-13H,2-5,7-11H2/b6-1+/t12-,13+/m1/s1. The molecule has 0 aromatic heterocycles. The van der Waals surface area contributed by atoms with E-state index in [9.17, 15) is 9.59 Å². The smallest absolute Gasteiger partial charge is 0.330 e. The second-order valence-electron chi connectivity index (χ2n) is 5.19. The third-order valence-corrected chi connectivity index (χ3v) is 3.43. The second kappa shape index (κ2) is 8.79. The average Bonchev–Trinajstić information content (AvgIpc) is 3.16. The Balaban J connectivity index is 1.53. The number of carbonyl (C=O) groups is 2. The molecular weight excluding hydrogens is 276 g/mol. The average molecular weight is 298 g/mol. The van der Waals surface area contributed by atoms with Gasteiger partial charge in [-0.1, -0.05) is 6.08 Å². The van der Waals surface area contributed by atoms with Crippen molar-refractivity contribution in [1.29, 1.82) is 0 Å². The largest absolute Gasteiger partial charge is 0.463 e. The summed E-state index contributed by atoms with van der Waals surface area (Å²) >= 11 is 0. The minimum absolute atomic E-state index is 0.0127. The molecule has 21 heavy (non-hydrogen) atoms. The van der Waals surface area contributed by atoms with Crippen LogP contribution in [0.2, 0.25) is 0 Å². The van der Waals surface area contributed by atoms with Crippen LogP contribution in [-0.2, 0) is 28.5 Å². The third kappa shape index (κ3) is 6.27. The fourth-order valence-corrected chi connectivity index (χ4v) is 2.27. The van der Waals surface area contributed by atoms with Crippen molar-refractivity contribution in [3.8, 4) is 0 Å². The van der Waals surface area contributed by atoms with Gasteiger partial charge in [0, 0.05) is 19.3 Å². The first kappa shape index (κ1) is 16.0. The van der Waals surface area contributed by atoms with E-state index >= 15 is 0 Å². The van der Waals surface area contributed by atoms with E-state index in [1.54, 1.807) is 0 Å². The van der Waals surface area contributed by atoms with Crippen LogP contribution in [0.25, 0.3) is 0 Å². The van der Waals surface area contributed by atoms with Gasteiger partial charge in [-0.25, -0.2) is 4.79 Å². The molecule has 0 aromatic rings. The zero-order chi connectivity index (χ0) is 14.9. The van der Waals surface area contributed by atoms with Gasteiger partial charge in [-0.15, -0.1) is 0 Å². The van der Waals surface area contributed by atoms with Gasteiger partial charge in [0.1, 0.15) is 13.2 Å². The Kier molecular flexibility index (Phi) is 6.69. The maximum absolute atomic E-state index is 11.4. The summed E-state index contributed by atoms with van der Waals surface area (Å²) in [7, 11) is 0. The van der Waals surface area contributed by atoms with Crippen LogP contribution in [0.4, 0.5) is 0 Å². The molecule has 0 bridgehead atoms. The molecule has 2 aliphatic heterocycles. The van der Waals surface area contributed by atoms with Crippen molar-refractivity contribution in [1.82, 2.24) is 0 Å². The van der Waals surface area contributed by atoms with Crippen molar-refractivity contribution in [3.63, 3.8) is 0 Å². The van der Waals surface area contributed by atoms with Crippen LogP contribution in [-0.4, -0.2) is 50.6 Å². The molecule has 2 rings (SSSR count). The van der Waals surface area contributed by atoms with Crippen molar-refractivity contribution in [2.45, 2.75) is 44.3 Å². The third-order valence-electron chi connectivity index (χ3n) is 3.43. The van der Waals surface area contributed by atoms with E-state index in [1.807, 2.05) is 0 Å². The van der Waals surface area contributed by atoms with Crippen LogP contribution in [0.1, 0.15) is 32.1 Å². The number of esters is 2. The summed E-state index contributed by atoms with van der Waals surface area (Å²) in [6, 6.07) is 0. The normalized spacial score (nSPS) is 25.3. The van der Waals surface area contributed by atoms with E-state index in [0.29, 0.717) is 0 Å². The summed E-state index contributed by atoms with van der Waals surface area (Å²) in [4.78, 5) is 22.9. The molecule has 2 saturated heterocycles. The molecule has 2 heterocycles. The van der Waals surface area contributed by atoms with Gasteiger partial charge in [-0.05, 0) is 25.7 Å². The van der Waals surface area contributed by atoms with E-state index in [4.69, 9.17) is 18.9 Å². The van der Waals surface area contributed by atoms with Crippen molar-refractivity contribution < 1.29 is 28.5 Å². The van der Waals surface area contributed by atoms with Crippen molar-refractivity contribution >= 4 is 11.9 Å². The van der Waals surface area contributed by atoms with Gasteiger partial charge in [-0.3, -0.25) is 4.79 Å².